The molecular formula is C69H114F4N2O11S6. The third-order valence-electron chi connectivity index (χ3n) is 15.3. The van der Waals surface area contributed by atoms with Gasteiger partial charge in [-0.05, 0) is 136 Å². The van der Waals surface area contributed by atoms with Gasteiger partial charge in [0.25, 0.3) is 20.0 Å². The average Bonchev–Trinajstić information content (AvgIpc) is 0.822. The molecule has 6 rings (SSSR count). The number of halogens is 4. The normalized spacial score (nSPS) is 13.8. The van der Waals surface area contributed by atoms with Gasteiger partial charge >= 0.3 is 9.17 Å². The molecule has 4 aromatic carbocycles. The van der Waals surface area contributed by atoms with Gasteiger partial charge in [-0.2, -0.15) is 34.8 Å². The fraction of sp³-hybridized carbons (Fsp3) is 0.638. The second-order valence-corrected chi connectivity index (χ2v) is 32.7. The van der Waals surface area contributed by atoms with Gasteiger partial charge < -0.3 is 10.5 Å². The number of rotatable bonds is 38. The van der Waals surface area contributed by atoms with Crippen LogP contribution in [0.3, 0.4) is 0 Å². The van der Waals surface area contributed by atoms with E-state index >= 15 is 0 Å². The molecule has 2 aliphatic heterocycles. The van der Waals surface area contributed by atoms with Crippen LogP contribution in [-0.2, 0) is 60.6 Å². The predicted molar refractivity (Wildman–Crippen MR) is 377 cm³/mol. The van der Waals surface area contributed by atoms with E-state index < -0.39 is 53.3 Å². The number of carbonyl (C=O) groups excluding carboxylic acids is 1. The van der Waals surface area contributed by atoms with E-state index in [1.165, 1.54) is 171 Å². The zero-order chi connectivity index (χ0) is 64.5. The number of benzene rings is 4. The molecule has 0 bridgehead atoms. The number of hydrogen-bond acceptors (Lipinski definition) is 13. The molecule has 0 saturated carbocycles. The molecule has 2 saturated heterocycles. The lowest BCUT2D eigenvalue weighted by Gasteiger charge is -2.28. The molecule has 0 unspecified atom stereocenters. The molecule has 0 radical (unpaired) electrons. The van der Waals surface area contributed by atoms with E-state index in [4.69, 9.17) is 0 Å². The Morgan fingerprint density at radius 1 is 0.478 bits per heavy atom. The fourth-order valence-corrected chi connectivity index (χ4v) is 18.4. The molecule has 2 fully saturated rings. The van der Waals surface area contributed by atoms with Crippen molar-refractivity contribution in [1.82, 2.24) is 8.61 Å². The first kappa shape index (κ1) is 91.3. The van der Waals surface area contributed by atoms with Gasteiger partial charge in [0.2, 0.25) is 5.78 Å². The maximum atomic E-state index is 13.2. The highest BCUT2D eigenvalue weighted by Crippen LogP contribution is 2.40. The number of nitrogens with zero attached hydrogens (tertiary/aromatic N) is 2. The second kappa shape index (κ2) is 52.4. The summed E-state index contributed by atoms with van der Waals surface area (Å²) in [6, 6.07) is 36.3. The highest BCUT2D eigenvalue weighted by Gasteiger charge is 2.52. The van der Waals surface area contributed by atoms with Gasteiger partial charge in [-0.3, -0.25) is 14.9 Å². The van der Waals surface area contributed by atoms with Crippen LogP contribution in [0.4, 0.5) is 17.6 Å². The van der Waals surface area contributed by atoms with E-state index in [1.54, 1.807) is 0 Å². The summed E-state index contributed by atoms with van der Waals surface area (Å²) in [5.41, 5.74) is 5.05. The molecule has 0 N–H and O–H groups in total. The van der Waals surface area contributed by atoms with Gasteiger partial charge in [0.15, 0.2) is 20.4 Å². The topological polar surface area (TPSA) is 175 Å². The van der Waals surface area contributed by atoms with Crippen LogP contribution in [-0.4, -0.2) is 83.8 Å². The minimum atomic E-state index is -4.81. The summed E-state index contributed by atoms with van der Waals surface area (Å²) in [5.74, 6) is 3.68. The van der Waals surface area contributed by atoms with Crippen LogP contribution in [0.25, 0.3) is 0 Å². The smallest absolute Gasteiger partial charge is 0.433 e. The summed E-state index contributed by atoms with van der Waals surface area (Å²) in [4.78, 5) is 17.0. The van der Waals surface area contributed by atoms with Crippen LogP contribution in [0.2, 0.25) is 0 Å². The summed E-state index contributed by atoms with van der Waals surface area (Å²) in [6.45, 7) is 11.4. The monoisotopic (exact) mass is 1410 g/mol. The maximum absolute atomic E-state index is 13.2. The summed E-state index contributed by atoms with van der Waals surface area (Å²) in [5, 5.41) is 24.2. The molecule has 0 spiro atoms. The Morgan fingerprint density at radius 3 is 1.10 bits per heavy atom. The third-order valence-corrected chi connectivity index (χ3v) is 25.5. The first-order chi connectivity index (χ1) is 42.3. The lowest BCUT2D eigenvalue weighted by Crippen LogP contribution is -2.44. The van der Waals surface area contributed by atoms with Crippen molar-refractivity contribution in [3.05, 3.63) is 125 Å². The van der Waals surface area contributed by atoms with Gasteiger partial charge in [0.05, 0.1) is 10.9 Å². The Morgan fingerprint density at radius 2 is 0.783 bits per heavy atom. The Balaban J connectivity index is 0. The van der Waals surface area contributed by atoms with Crippen molar-refractivity contribution in [2.75, 3.05) is 43.4 Å². The number of carbonyl (C=O) groups is 1. The zero-order valence-corrected chi connectivity index (χ0v) is 57.4. The maximum Gasteiger partial charge on any atom is 0.433 e. The molecule has 0 aromatic heterocycles. The van der Waals surface area contributed by atoms with Crippen molar-refractivity contribution in [3.8, 4) is 0 Å². The lowest BCUT2D eigenvalue weighted by atomic mass is 10.1. The molecule has 0 aliphatic carbocycles. The number of sulfonamides is 2. The number of piperidine rings is 2. The molecular weight excluding hydrogens is 1300 g/mol. The van der Waals surface area contributed by atoms with Crippen molar-refractivity contribution in [2.45, 2.75) is 255 Å². The minimum Gasteiger partial charge on any atom is -0.691 e. The quantitative estimate of drug-likeness (QED) is 0.00789. The van der Waals surface area contributed by atoms with Crippen LogP contribution >= 0.6 is 24.1 Å². The summed E-state index contributed by atoms with van der Waals surface area (Å²) >= 11 is -1.64. The van der Waals surface area contributed by atoms with Crippen LogP contribution in [0.5, 0.6) is 0 Å². The zero-order valence-electron chi connectivity index (χ0n) is 52.5. The van der Waals surface area contributed by atoms with E-state index in [1.807, 2.05) is 30.3 Å². The number of alkyl halides is 4. The molecule has 92 heavy (non-hydrogen) atoms. The van der Waals surface area contributed by atoms with Gasteiger partial charge in [-0.1, -0.05) is 226 Å². The standard InChI is InChI=1S/C32H57OS.C21H21S.2C6H11F2NO5S2.4CH4/c1-3-5-7-9-11-13-15-17-19-24-28-34(30-32(33)31-26-22-21-23-27-31)29-25-20-18-16-14-12-10-8-6-4-2;1-16-14-21(15-17(2)18(16)3)22(19-10-6-4-7-11-19)20-12-8-5-9-13-20;2*7-6(8,15-14-13-10)16(11,12)9-4-2-1-3-5-9;;;;/h21-23,26-27H,3-20,24-25,28-30H2,1-2H3;4-15H,1-3H3;2*10H,1-5H2;4*1H4/q2*+1;;;;;;/p-2. The van der Waals surface area contributed by atoms with Crippen LogP contribution in [0.15, 0.2) is 118 Å². The Labute approximate surface area is 569 Å². The first-order valence-electron chi connectivity index (χ1n) is 31.5. The number of unbranched alkanes of at least 4 members (excludes halogenated alkanes) is 18. The van der Waals surface area contributed by atoms with E-state index in [2.05, 4.69) is 126 Å². The number of aryl methyl sites for hydroxylation is 2. The first-order valence-corrected chi connectivity index (χ1v) is 38.8. The molecule has 0 atom stereocenters. The third kappa shape index (κ3) is 34.5. The molecule has 23 heteroatoms. The van der Waals surface area contributed by atoms with E-state index in [-0.39, 0.29) is 77.7 Å². The van der Waals surface area contributed by atoms with Crippen molar-refractivity contribution in [2.24, 2.45) is 0 Å². The molecule has 4 aromatic rings. The average molecular weight is 1420 g/mol. The molecule has 530 valence electrons. The van der Waals surface area contributed by atoms with E-state index in [9.17, 15) is 49.7 Å². The summed E-state index contributed by atoms with van der Waals surface area (Å²) in [7, 11) is -9.40. The molecule has 13 nitrogen and oxygen atoms in total. The Hall–Kier alpha value is -2.75. The predicted octanol–water partition coefficient (Wildman–Crippen LogP) is 19.0. The van der Waals surface area contributed by atoms with Gasteiger partial charge in [-0.15, -0.1) is 0 Å². The van der Waals surface area contributed by atoms with Crippen molar-refractivity contribution in [3.63, 3.8) is 0 Å². The summed E-state index contributed by atoms with van der Waals surface area (Å²) < 4.78 is 98.1. The highest BCUT2D eigenvalue weighted by atomic mass is 32.3. The van der Waals surface area contributed by atoms with Crippen LogP contribution in [0.1, 0.15) is 238 Å². The Bertz CT molecular complexity index is 2530. The fourth-order valence-electron chi connectivity index (χ4n) is 10.1. The summed E-state index contributed by atoms with van der Waals surface area (Å²) in [6.07, 6.45) is 31.6. The van der Waals surface area contributed by atoms with Crippen molar-refractivity contribution in [1.29, 1.82) is 0 Å². The second-order valence-electron chi connectivity index (χ2n) is 22.2. The number of ketones is 1. The van der Waals surface area contributed by atoms with Gasteiger partial charge in [-0.25, -0.2) is 16.8 Å². The molecule has 0 amide bonds. The van der Waals surface area contributed by atoms with E-state index in [0.29, 0.717) is 40.1 Å². The minimum absolute atomic E-state index is 0. The van der Waals surface area contributed by atoms with Crippen molar-refractivity contribution >= 4 is 71.7 Å². The van der Waals surface area contributed by atoms with Gasteiger partial charge in [0, 0.05) is 31.7 Å². The molecule has 2 heterocycles. The van der Waals surface area contributed by atoms with Crippen LogP contribution in [0, 0.1) is 20.8 Å². The lowest BCUT2D eigenvalue weighted by molar-refractivity contribution is -0.777. The highest BCUT2D eigenvalue weighted by molar-refractivity contribution is 8.11. The van der Waals surface area contributed by atoms with E-state index in [0.717, 1.165) is 24.2 Å². The Kier molecular flexibility index (Phi) is 52.0. The van der Waals surface area contributed by atoms with Gasteiger partial charge in [0.1, 0.15) is 35.6 Å². The SMILES string of the molecule is C.C.C.C.CCCCCCCCCCCC[S+](CCCCCCCCCCCC)CC(=O)c1ccccc1.Cc1cc([S+](c2ccccc2)c2ccccc2)cc(C)c1C.O=S(=O)(N1CCCCC1)C(F)(F)SOO[O-].O=S(=O)(N1CCCCC1)C(F)(F)SOO[O-]. The van der Waals surface area contributed by atoms with Crippen molar-refractivity contribution < 1.29 is 68.5 Å². The number of hydrogen-bond donors (Lipinski definition) is 0. The van der Waals surface area contributed by atoms with Crippen LogP contribution < -0.4 is 10.5 Å². The molecule has 2 aliphatic rings. The number of Topliss-reactive ketones (excluding diaryl/α,β-unsaturated/α-hetero) is 1. The largest absolute Gasteiger partial charge is 0.691 e.